The standard InChI is InChI=1S/C14H16N6O5S3/c1-6-8-11(25-3)15-7(5-24-2)16-12(8)26-9(6)10(21)17-13-18-19-14(27-13)20-28(4,22)23/h5H2,1-4H3,(H,19,20)(H,17,18,21). The summed E-state index contributed by atoms with van der Waals surface area (Å²) in [4.78, 5) is 22.4. The van der Waals surface area contributed by atoms with E-state index in [4.69, 9.17) is 9.47 Å². The van der Waals surface area contributed by atoms with Crippen molar-refractivity contribution >= 4 is 59.1 Å². The number of nitrogens with one attached hydrogen (secondary N) is 2. The van der Waals surface area contributed by atoms with E-state index in [2.05, 4.69) is 30.2 Å². The van der Waals surface area contributed by atoms with Crippen molar-refractivity contribution in [3.05, 3.63) is 16.3 Å². The second-order valence-electron chi connectivity index (χ2n) is 5.56. The summed E-state index contributed by atoms with van der Waals surface area (Å²) in [5.74, 6) is 0.388. The first kappa shape index (κ1) is 20.3. The summed E-state index contributed by atoms with van der Waals surface area (Å²) in [7, 11) is -0.449. The Morgan fingerprint density at radius 2 is 1.86 bits per heavy atom. The van der Waals surface area contributed by atoms with Gasteiger partial charge in [-0.25, -0.2) is 13.4 Å². The molecule has 14 heteroatoms. The molecule has 0 saturated heterocycles. The highest BCUT2D eigenvalue weighted by molar-refractivity contribution is 7.92. The summed E-state index contributed by atoms with van der Waals surface area (Å²) in [6, 6.07) is 0. The number of amides is 1. The number of ether oxygens (including phenoxy) is 2. The molecule has 2 N–H and O–H groups in total. The van der Waals surface area contributed by atoms with Crippen molar-refractivity contribution in [2.24, 2.45) is 0 Å². The van der Waals surface area contributed by atoms with Crippen molar-refractivity contribution in [3.8, 4) is 5.88 Å². The molecule has 0 radical (unpaired) electrons. The summed E-state index contributed by atoms with van der Waals surface area (Å²) in [6.07, 6.45) is 0.999. The lowest BCUT2D eigenvalue weighted by atomic mass is 10.2. The molecule has 0 aromatic carbocycles. The molecule has 3 heterocycles. The molecule has 3 aromatic rings. The lowest BCUT2D eigenvalue weighted by Gasteiger charge is -2.04. The molecule has 3 aromatic heterocycles. The molecule has 28 heavy (non-hydrogen) atoms. The number of aromatic nitrogens is 4. The predicted molar refractivity (Wildman–Crippen MR) is 106 cm³/mol. The van der Waals surface area contributed by atoms with Crippen molar-refractivity contribution in [3.63, 3.8) is 0 Å². The van der Waals surface area contributed by atoms with Crippen LogP contribution < -0.4 is 14.8 Å². The number of methoxy groups -OCH3 is 2. The fourth-order valence-corrected chi connectivity index (χ4v) is 4.88. The van der Waals surface area contributed by atoms with Crippen LogP contribution in [0.5, 0.6) is 5.88 Å². The molecule has 0 fully saturated rings. The number of nitrogens with zero attached hydrogens (tertiary/aromatic N) is 4. The highest BCUT2D eigenvalue weighted by atomic mass is 32.2. The zero-order chi connectivity index (χ0) is 20.5. The molecule has 0 unspecified atom stereocenters. The van der Waals surface area contributed by atoms with Crippen LogP contribution in [0.25, 0.3) is 10.2 Å². The first-order chi connectivity index (χ1) is 13.2. The minimum Gasteiger partial charge on any atom is -0.480 e. The quantitative estimate of drug-likeness (QED) is 0.555. The third kappa shape index (κ3) is 4.35. The van der Waals surface area contributed by atoms with Crippen LogP contribution in [0.2, 0.25) is 0 Å². The molecular formula is C14H16N6O5S3. The van der Waals surface area contributed by atoms with Gasteiger partial charge in [0.1, 0.15) is 11.4 Å². The number of carbonyl (C=O) groups excluding carboxylic acids is 1. The highest BCUT2D eigenvalue weighted by Crippen LogP contribution is 2.35. The Bertz CT molecular complexity index is 1140. The number of hydrogen-bond acceptors (Lipinski definition) is 11. The number of aryl methyl sites for hydroxylation is 1. The van der Waals surface area contributed by atoms with E-state index >= 15 is 0 Å². The van der Waals surface area contributed by atoms with Crippen LogP contribution in [-0.2, 0) is 21.4 Å². The zero-order valence-electron chi connectivity index (χ0n) is 15.3. The topological polar surface area (TPSA) is 145 Å². The number of thiophene rings is 1. The van der Waals surface area contributed by atoms with Gasteiger partial charge in [0.05, 0.1) is 23.6 Å². The Kier molecular flexibility index (Phi) is 5.74. The lowest BCUT2D eigenvalue weighted by molar-refractivity contribution is 0.103. The van der Waals surface area contributed by atoms with Gasteiger partial charge in [0, 0.05) is 7.11 Å². The van der Waals surface area contributed by atoms with E-state index in [1.807, 2.05) is 0 Å². The van der Waals surface area contributed by atoms with Crippen LogP contribution in [0.4, 0.5) is 10.3 Å². The van der Waals surface area contributed by atoms with Crippen LogP contribution in [0.1, 0.15) is 21.1 Å². The Morgan fingerprint density at radius 1 is 1.14 bits per heavy atom. The third-order valence-electron chi connectivity index (χ3n) is 3.39. The largest absolute Gasteiger partial charge is 0.480 e. The van der Waals surface area contributed by atoms with Gasteiger partial charge in [-0.05, 0) is 12.5 Å². The second kappa shape index (κ2) is 7.90. The van der Waals surface area contributed by atoms with Gasteiger partial charge in [0.15, 0.2) is 5.82 Å². The number of hydrogen-bond donors (Lipinski definition) is 2. The molecule has 0 saturated carbocycles. The molecule has 3 rings (SSSR count). The van der Waals surface area contributed by atoms with Crippen LogP contribution in [0, 0.1) is 6.92 Å². The molecular weight excluding hydrogens is 428 g/mol. The summed E-state index contributed by atoms with van der Waals surface area (Å²) in [6.45, 7) is 1.98. The Labute approximate surface area is 168 Å². The summed E-state index contributed by atoms with van der Waals surface area (Å²) in [5, 5.41) is 10.9. The molecule has 0 aliphatic rings. The van der Waals surface area contributed by atoms with E-state index < -0.39 is 15.9 Å². The van der Waals surface area contributed by atoms with Gasteiger partial charge in [-0.3, -0.25) is 14.8 Å². The van der Waals surface area contributed by atoms with Crippen molar-refractivity contribution in [1.82, 2.24) is 20.2 Å². The molecule has 0 spiro atoms. The summed E-state index contributed by atoms with van der Waals surface area (Å²) < 4.78 is 35.1. The molecule has 0 aliphatic carbocycles. The average molecular weight is 445 g/mol. The maximum Gasteiger partial charge on any atom is 0.267 e. The Hall–Kier alpha value is -2.42. The van der Waals surface area contributed by atoms with Gasteiger partial charge in [-0.15, -0.1) is 21.5 Å². The second-order valence-corrected chi connectivity index (χ2v) is 9.28. The average Bonchev–Trinajstić information content (AvgIpc) is 3.17. The molecule has 1 amide bonds. The van der Waals surface area contributed by atoms with E-state index in [0.717, 1.165) is 17.6 Å². The monoisotopic (exact) mass is 444 g/mol. The molecule has 0 aliphatic heterocycles. The number of fused-ring (bicyclic) bond motifs is 1. The highest BCUT2D eigenvalue weighted by Gasteiger charge is 2.22. The maximum atomic E-state index is 12.7. The minimum atomic E-state index is -3.48. The number of rotatable bonds is 7. The van der Waals surface area contributed by atoms with Crippen molar-refractivity contribution < 1.29 is 22.7 Å². The van der Waals surface area contributed by atoms with Gasteiger partial charge in [0.25, 0.3) is 5.91 Å². The van der Waals surface area contributed by atoms with Crippen LogP contribution >= 0.6 is 22.7 Å². The van der Waals surface area contributed by atoms with Gasteiger partial charge in [-0.2, -0.15) is 4.98 Å². The Balaban J connectivity index is 1.90. The van der Waals surface area contributed by atoms with Crippen LogP contribution in [-0.4, -0.2) is 55.0 Å². The first-order valence-electron chi connectivity index (χ1n) is 7.67. The first-order valence-corrected chi connectivity index (χ1v) is 11.2. The molecule has 150 valence electrons. The summed E-state index contributed by atoms with van der Waals surface area (Å²) in [5.41, 5.74) is 0.664. The molecule has 0 bridgehead atoms. The maximum absolute atomic E-state index is 12.7. The fraction of sp³-hybridized carbons (Fsp3) is 0.357. The van der Waals surface area contributed by atoms with Crippen molar-refractivity contribution in [2.75, 3.05) is 30.5 Å². The molecule has 11 nitrogen and oxygen atoms in total. The third-order valence-corrected chi connectivity index (χ3v) is 6.03. The van der Waals surface area contributed by atoms with E-state index in [0.29, 0.717) is 32.4 Å². The van der Waals surface area contributed by atoms with E-state index in [-0.39, 0.29) is 16.9 Å². The van der Waals surface area contributed by atoms with E-state index in [9.17, 15) is 13.2 Å². The van der Waals surface area contributed by atoms with Gasteiger partial charge in [0.2, 0.25) is 26.2 Å². The zero-order valence-corrected chi connectivity index (χ0v) is 17.7. The lowest BCUT2D eigenvalue weighted by Crippen LogP contribution is -2.11. The number of sulfonamides is 1. The van der Waals surface area contributed by atoms with Crippen molar-refractivity contribution in [2.45, 2.75) is 13.5 Å². The van der Waals surface area contributed by atoms with Crippen LogP contribution in [0.15, 0.2) is 0 Å². The van der Waals surface area contributed by atoms with Gasteiger partial charge in [-0.1, -0.05) is 11.3 Å². The van der Waals surface area contributed by atoms with E-state index in [1.165, 1.54) is 25.6 Å². The number of anilines is 2. The van der Waals surface area contributed by atoms with Gasteiger partial charge >= 0.3 is 0 Å². The van der Waals surface area contributed by atoms with Crippen LogP contribution in [0.3, 0.4) is 0 Å². The normalized spacial score (nSPS) is 11.6. The SMILES string of the molecule is COCc1nc(OC)c2c(C)c(C(=O)Nc3nnc(NS(C)(=O)=O)s3)sc2n1. The number of carbonyl (C=O) groups is 1. The van der Waals surface area contributed by atoms with Gasteiger partial charge < -0.3 is 9.47 Å². The summed E-state index contributed by atoms with van der Waals surface area (Å²) >= 11 is 2.09. The molecule has 0 atom stereocenters. The van der Waals surface area contributed by atoms with Crippen molar-refractivity contribution in [1.29, 1.82) is 0 Å². The Morgan fingerprint density at radius 3 is 2.50 bits per heavy atom. The van der Waals surface area contributed by atoms with E-state index in [1.54, 1.807) is 6.92 Å². The predicted octanol–water partition coefficient (Wildman–Crippen LogP) is 1.63. The fourth-order valence-electron chi connectivity index (χ4n) is 2.33. The smallest absolute Gasteiger partial charge is 0.267 e. The minimum absolute atomic E-state index is 0.0580.